The van der Waals surface area contributed by atoms with E-state index in [9.17, 15) is 18.6 Å². The average Bonchev–Trinajstić information content (AvgIpc) is 3.15. The second-order valence-electron chi connectivity index (χ2n) is 6.97. The number of rotatable bonds is 6. The average molecular weight is 470 g/mol. The standard InChI is InChI=1S/C21H19N5O4S2/c1-12-9-13(2)23-20(22-12)26-32(29,30)16-6-3-14(4-7-16)24-21-25-18(11-31-21)17-8-5-15(27)10-19(17)28/h3-11,27-28H,1-2H3,(H,24,25)(H,22,23,26). The maximum Gasteiger partial charge on any atom is 0.264 e. The molecule has 4 aromatic rings. The summed E-state index contributed by atoms with van der Waals surface area (Å²) in [7, 11) is -3.84. The van der Waals surface area contributed by atoms with Crippen molar-refractivity contribution in [2.45, 2.75) is 18.7 Å². The fourth-order valence-electron chi connectivity index (χ4n) is 2.98. The molecule has 11 heteroatoms. The van der Waals surface area contributed by atoms with E-state index in [-0.39, 0.29) is 22.3 Å². The van der Waals surface area contributed by atoms with Crippen molar-refractivity contribution in [2.75, 3.05) is 10.0 Å². The smallest absolute Gasteiger partial charge is 0.264 e. The maximum absolute atomic E-state index is 12.6. The van der Waals surface area contributed by atoms with Crippen molar-refractivity contribution >= 4 is 38.1 Å². The molecule has 0 saturated carbocycles. The van der Waals surface area contributed by atoms with Crippen molar-refractivity contribution < 1.29 is 18.6 Å². The lowest BCUT2D eigenvalue weighted by atomic mass is 10.1. The van der Waals surface area contributed by atoms with Gasteiger partial charge in [0.1, 0.15) is 11.5 Å². The van der Waals surface area contributed by atoms with E-state index in [0.29, 0.717) is 33.5 Å². The molecule has 0 radical (unpaired) electrons. The largest absolute Gasteiger partial charge is 0.508 e. The molecule has 164 valence electrons. The zero-order valence-corrected chi connectivity index (χ0v) is 18.7. The number of nitrogens with zero attached hydrogens (tertiary/aromatic N) is 3. The van der Waals surface area contributed by atoms with Crippen LogP contribution in [0.15, 0.2) is 58.8 Å². The Labute approximate surface area is 188 Å². The van der Waals surface area contributed by atoms with Gasteiger partial charge in [0.15, 0.2) is 5.13 Å². The van der Waals surface area contributed by atoms with Crippen LogP contribution in [0.1, 0.15) is 11.4 Å². The molecule has 4 rings (SSSR count). The lowest BCUT2D eigenvalue weighted by molar-refractivity contribution is 0.452. The minimum atomic E-state index is -3.84. The molecule has 0 fully saturated rings. The van der Waals surface area contributed by atoms with Crippen molar-refractivity contribution in [3.63, 3.8) is 0 Å². The van der Waals surface area contributed by atoms with Gasteiger partial charge in [0, 0.05) is 34.1 Å². The molecule has 2 heterocycles. The first-order valence-corrected chi connectivity index (χ1v) is 11.8. The van der Waals surface area contributed by atoms with E-state index in [1.54, 1.807) is 43.5 Å². The fraction of sp³-hybridized carbons (Fsp3) is 0.0952. The molecule has 4 N–H and O–H groups in total. The van der Waals surface area contributed by atoms with Gasteiger partial charge in [-0.2, -0.15) is 0 Å². The number of phenolic OH excluding ortho intramolecular Hbond substituents is 2. The molecule has 9 nitrogen and oxygen atoms in total. The molecule has 2 aromatic carbocycles. The van der Waals surface area contributed by atoms with Crippen LogP contribution in [0.4, 0.5) is 16.8 Å². The number of nitrogens with one attached hydrogen (secondary N) is 2. The molecule has 0 unspecified atom stereocenters. The number of benzene rings is 2. The molecular weight excluding hydrogens is 450 g/mol. The number of sulfonamides is 1. The quantitative estimate of drug-likeness (QED) is 0.330. The van der Waals surface area contributed by atoms with Gasteiger partial charge in [0.05, 0.1) is 10.6 Å². The Morgan fingerprint density at radius 1 is 0.906 bits per heavy atom. The molecule has 0 aliphatic heterocycles. The summed E-state index contributed by atoms with van der Waals surface area (Å²) in [6.07, 6.45) is 0. The summed E-state index contributed by atoms with van der Waals surface area (Å²) in [4.78, 5) is 12.7. The zero-order valence-electron chi connectivity index (χ0n) is 17.1. The molecule has 0 saturated heterocycles. The SMILES string of the molecule is Cc1cc(C)nc(NS(=O)(=O)c2ccc(Nc3nc(-c4ccc(O)cc4O)cs3)cc2)n1. The van der Waals surface area contributed by atoms with Gasteiger partial charge in [-0.25, -0.2) is 28.1 Å². The number of aryl methyl sites for hydroxylation is 2. The van der Waals surface area contributed by atoms with E-state index >= 15 is 0 Å². The van der Waals surface area contributed by atoms with Gasteiger partial charge in [-0.3, -0.25) is 0 Å². The van der Waals surface area contributed by atoms with Crippen LogP contribution in [0.5, 0.6) is 11.5 Å². The number of anilines is 3. The zero-order chi connectivity index (χ0) is 22.9. The number of phenols is 2. The maximum atomic E-state index is 12.6. The van der Waals surface area contributed by atoms with E-state index in [1.807, 2.05) is 0 Å². The first-order chi connectivity index (χ1) is 15.2. The number of hydrogen-bond donors (Lipinski definition) is 4. The summed E-state index contributed by atoms with van der Waals surface area (Å²) >= 11 is 1.32. The van der Waals surface area contributed by atoms with Crippen LogP contribution >= 0.6 is 11.3 Å². The Kier molecular flexibility index (Phi) is 5.68. The van der Waals surface area contributed by atoms with E-state index in [4.69, 9.17) is 0 Å². The molecule has 0 atom stereocenters. The predicted molar refractivity (Wildman–Crippen MR) is 123 cm³/mol. The normalized spacial score (nSPS) is 11.3. The lowest BCUT2D eigenvalue weighted by Gasteiger charge is -2.09. The Hall–Kier alpha value is -3.70. The van der Waals surface area contributed by atoms with Crippen molar-refractivity contribution in [3.05, 3.63) is 65.3 Å². The van der Waals surface area contributed by atoms with Crippen LogP contribution in [-0.2, 0) is 10.0 Å². The fourth-order valence-corrected chi connectivity index (χ4v) is 4.66. The highest BCUT2D eigenvalue weighted by molar-refractivity contribution is 7.92. The molecule has 0 spiro atoms. The van der Waals surface area contributed by atoms with Gasteiger partial charge >= 0.3 is 0 Å². The van der Waals surface area contributed by atoms with Crippen molar-refractivity contribution in [1.29, 1.82) is 0 Å². The molecule has 0 aliphatic rings. The van der Waals surface area contributed by atoms with E-state index in [0.717, 1.165) is 0 Å². The molecule has 0 amide bonds. The lowest BCUT2D eigenvalue weighted by Crippen LogP contribution is -2.15. The third kappa shape index (κ3) is 4.79. The third-order valence-corrected chi connectivity index (χ3v) is 6.49. The van der Waals surface area contributed by atoms with Gasteiger partial charge in [-0.15, -0.1) is 11.3 Å². The van der Waals surface area contributed by atoms with E-state index < -0.39 is 10.0 Å². The second-order valence-corrected chi connectivity index (χ2v) is 9.51. The Bertz CT molecular complexity index is 1370. The van der Waals surface area contributed by atoms with Crippen LogP contribution in [0.25, 0.3) is 11.3 Å². The van der Waals surface area contributed by atoms with Crippen LogP contribution in [0.3, 0.4) is 0 Å². The second kappa shape index (κ2) is 8.44. The van der Waals surface area contributed by atoms with Gasteiger partial charge in [0.2, 0.25) is 5.95 Å². The Morgan fingerprint density at radius 3 is 2.25 bits per heavy atom. The van der Waals surface area contributed by atoms with Crippen LogP contribution in [0, 0.1) is 13.8 Å². The van der Waals surface area contributed by atoms with Gasteiger partial charge < -0.3 is 15.5 Å². The van der Waals surface area contributed by atoms with Crippen LogP contribution in [0.2, 0.25) is 0 Å². The third-order valence-electron chi connectivity index (χ3n) is 4.39. The summed E-state index contributed by atoms with van der Waals surface area (Å²) in [6, 6.07) is 12.2. The van der Waals surface area contributed by atoms with Crippen molar-refractivity contribution in [2.24, 2.45) is 0 Å². The number of hydrogen-bond acceptors (Lipinski definition) is 9. The highest BCUT2D eigenvalue weighted by atomic mass is 32.2. The summed E-state index contributed by atoms with van der Waals surface area (Å²) in [6.45, 7) is 3.53. The van der Waals surface area contributed by atoms with Crippen LogP contribution in [-0.4, -0.2) is 33.6 Å². The summed E-state index contributed by atoms with van der Waals surface area (Å²) < 4.78 is 27.7. The topological polar surface area (TPSA) is 137 Å². The highest BCUT2D eigenvalue weighted by Crippen LogP contribution is 2.34. The molecule has 0 bridgehead atoms. The number of thiazole rings is 1. The summed E-state index contributed by atoms with van der Waals surface area (Å²) in [5, 5.41) is 24.9. The van der Waals surface area contributed by atoms with Crippen molar-refractivity contribution in [1.82, 2.24) is 15.0 Å². The van der Waals surface area contributed by atoms with Crippen molar-refractivity contribution in [3.8, 4) is 22.8 Å². The monoisotopic (exact) mass is 469 g/mol. The van der Waals surface area contributed by atoms with E-state index in [1.165, 1.54) is 35.6 Å². The van der Waals surface area contributed by atoms with Gasteiger partial charge in [-0.05, 0) is 56.3 Å². The predicted octanol–water partition coefficient (Wildman–Crippen LogP) is 4.17. The Balaban J connectivity index is 1.49. The number of aromatic hydroxyl groups is 2. The van der Waals surface area contributed by atoms with Gasteiger partial charge in [-0.1, -0.05) is 0 Å². The summed E-state index contributed by atoms with van der Waals surface area (Å²) in [5.41, 5.74) is 3.01. The van der Waals surface area contributed by atoms with Gasteiger partial charge in [0.25, 0.3) is 10.0 Å². The highest BCUT2D eigenvalue weighted by Gasteiger charge is 2.16. The first-order valence-electron chi connectivity index (χ1n) is 9.40. The first kappa shape index (κ1) is 21.5. The molecule has 2 aromatic heterocycles. The molecule has 0 aliphatic carbocycles. The van der Waals surface area contributed by atoms with E-state index in [2.05, 4.69) is 25.0 Å². The molecule has 32 heavy (non-hydrogen) atoms. The number of aromatic nitrogens is 3. The minimum Gasteiger partial charge on any atom is -0.508 e. The van der Waals surface area contributed by atoms with Crippen LogP contribution < -0.4 is 10.0 Å². The minimum absolute atomic E-state index is 0.0255. The molecular formula is C21H19N5O4S2. The Morgan fingerprint density at radius 2 is 1.59 bits per heavy atom. The summed E-state index contributed by atoms with van der Waals surface area (Å²) in [5.74, 6) is -0.0809.